The van der Waals surface area contributed by atoms with E-state index in [4.69, 9.17) is 25.8 Å². The summed E-state index contributed by atoms with van der Waals surface area (Å²) in [4.78, 5) is 15.3. The number of rotatable bonds is 6. The summed E-state index contributed by atoms with van der Waals surface area (Å²) in [5.41, 5.74) is 1.86. The zero-order valence-corrected chi connectivity index (χ0v) is 17.2. The van der Waals surface area contributed by atoms with Gasteiger partial charge in [0.25, 0.3) is 5.91 Å². The summed E-state index contributed by atoms with van der Waals surface area (Å²) in [5.74, 6) is 2.23. The van der Waals surface area contributed by atoms with Crippen molar-refractivity contribution in [1.29, 1.82) is 0 Å². The molecule has 0 radical (unpaired) electrons. The minimum absolute atomic E-state index is 0.0280. The highest BCUT2D eigenvalue weighted by atomic mass is 35.5. The number of carbonyl (C=O) groups is 1. The number of benzene rings is 2. The number of amides is 1. The van der Waals surface area contributed by atoms with Crippen molar-refractivity contribution in [2.45, 2.75) is 6.54 Å². The molecule has 2 aromatic carbocycles. The van der Waals surface area contributed by atoms with Crippen LogP contribution < -0.4 is 29.3 Å². The number of methoxy groups -OCH3 is 1. The molecule has 2 aromatic rings. The number of nitrogens with one attached hydrogen (secondary N) is 3. The van der Waals surface area contributed by atoms with Crippen molar-refractivity contribution in [3.63, 3.8) is 0 Å². The summed E-state index contributed by atoms with van der Waals surface area (Å²) < 4.78 is 16.1. The number of ether oxygens (including phenoxy) is 3. The van der Waals surface area contributed by atoms with Gasteiger partial charge in [-0.1, -0.05) is 11.6 Å². The van der Waals surface area contributed by atoms with Crippen molar-refractivity contribution >= 4 is 23.2 Å². The number of halogens is 1. The predicted molar refractivity (Wildman–Crippen MR) is 109 cm³/mol. The summed E-state index contributed by atoms with van der Waals surface area (Å²) in [5, 5.41) is 3.49. The van der Waals surface area contributed by atoms with Crippen LogP contribution in [0.25, 0.3) is 0 Å². The van der Waals surface area contributed by atoms with E-state index in [2.05, 4.69) is 17.4 Å². The van der Waals surface area contributed by atoms with Crippen LogP contribution in [0.15, 0.2) is 36.4 Å². The molecule has 0 aromatic heterocycles. The molecular weight excluding hydrogens is 394 g/mol. The molecule has 2 heterocycles. The molecule has 1 saturated heterocycles. The van der Waals surface area contributed by atoms with Crippen molar-refractivity contribution in [2.75, 3.05) is 51.9 Å². The van der Waals surface area contributed by atoms with Crippen molar-refractivity contribution in [1.82, 2.24) is 0 Å². The first-order chi connectivity index (χ1) is 14.1. The van der Waals surface area contributed by atoms with Crippen LogP contribution in [0.2, 0.25) is 5.02 Å². The molecule has 1 amide bonds. The maximum Gasteiger partial charge on any atom is 0.279 e. The zero-order valence-electron chi connectivity index (χ0n) is 16.4. The van der Waals surface area contributed by atoms with E-state index in [-0.39, 0.29) is 5.91 Å². The van der Waals surface area contributed by atoms with E-state index in [9.17, 15) is 4.79 Å². The van der Waals surface area contributed by atoms with Gasteiger partial charge in [-0.05, 0) is 36.4 Å². The lowest BCUT2D eigenvalue weighted by Crippen LogP contribution is -3.28. The Balaban J connectivity index is 1.25. The van der Waals surface area contributed by atoms with Gasteiger partial charge in [-0.2, -0.15) is 0 Å². The van der Waals surface area contributed by atoms with Crippen molar-refractivity contribution in [3.8, 4) is 17.2 Å². The standard InChI is InChI=1S/C21H24ClN3O4/c1-27-18-5-3-16(22)11-17(18)23-21(26)13-25-8-6-24(7-9-25)12-15-2-4-19-20(10-15)29-14-28-19/h2-5,10-11H,6-9,12-14H2,1H3,(H,23,26)/p+2. The zero-order chi connectivity index (χ0) is 20.2. The lowest BCUT2D eigenvalue weighted by Gasteiger charge is -2.29. The number of fused-ring (bicyclic) bond motifs is 1. The van der Waals surface area contributed by atoms with Gasteiger partial charge in [-0.3, -0.25) is 4.79 Å². The van der Waals surface area contributed by atoms with Crippen molar-refractivity contribution in [2.24, 2.45) is 0 Å². The maximum atomic E-state index is 12.5. The van der Waals surface area contributed by atoms with Crippen LogP contribution in [0.5, 0.6) is 17.2 Å². The highest BCUT2D eigenvalue weighted by Gasteiger charge is 2.26. The van der Waals surface area contributed by atoms with Crippen LogP contribution in [-0.2, 0) is 11.3 Å². The van der Waals surface area contributed by atoms with E-state index in [0.29, 0.717) is 29.8 Å². The van der Waals surface area contributed by atoms with E-state index >= 15 is 0 Å². The molecule has 1 fully saturated rings. The Morgan fingerprint density at radius 1 is 1.07 bits per heavy atom. The summed E-state index contributed by atoms with van der Waals surface area (Å²) in [6.45, 7) is 5.66. The Hall–Kier alpha value is -2.48. The summed E-state index contributed by atoms with van der Waals surface area (Å²) >= 11 is 6.03. The number of anilines is 1. The third-order valence-electron chi connectivity index (χ3n) is 5.40. The van der Waals surface area contributed by atoms with Gasteiger partial charge in [0.2, 0.25) is 6.79 Å². The summed E-state index contributed by atoms with van der Waals surface area (Å²) in [7, 11) is 1.58. The molecule has 0 bridgehead atoms. The normalized spacial score (nSPS) is 20.3. The number of quaternary nitrogens is 2. The summed E-state index contributed by atoms with van der Waals surface area (Å²) in [6, 6.07) is 11.4. The minimum atomic E-state index is -0.0280. The molecule has 0 aliphatic carbocycles. The second-order valence-electron chi connectivity index (χ2n) is 7.43. The molecule has 8 heteroatoms. The van der Waals surface area contributed by atoms with Crippen molar-refractivity contribution < 1.29 is 28.8 Å². The van der Waals surface area contributed by atoms with Crippen LogP contribution in [0.1, 0.15) is 5.56 Å². The molecule has 0 spiro atoms. The number of piperazine rings is 1. The molecule has 3 N–H and O–H groups in total. The highest BCUT2D eigenvalue weighted by molar-refractivity contribution is 6.31. The lowest BCUT2D eigenvalue weighted by atomic mass is 10.1. The first-order valence-electron chi connectivity index (χ1n) is 9.80. The van der Waals surface area contributed by atoms with Gasteiger partial charge in [0.15, 0.2) is 18.0 Å². The van der Waals surface area contributed by atoms with E-state index in [0.717, 1.165) is 44.2 Å². The molecule has 0 saturated carbocycles. The largest absolute Gasteiger partial charge is 0.495 e. The Morgan fingerprint density at radius 3 is 2.62 bits per heavy atom. The number of hydrogen-bond donors (Lipinski definition) is 3. The SMILES string of the molecule is COc1ccc(Cl)cc1NC(=O)C[NH+]1CC[NH+](Cc2ccc3c(c2)OCO3)CC1. The third kappa shape index (κ3) is 4.93. The first-order valence-corrected chi connectivity index (χ1v) is 10.2. The molecule has 0 unspecified atom stereocenters. The molecule has 29 heavy (non-hydrogen) atoms. The predicted octanol–water partition coefficient (Wildman–Crippen LogP) is -0.000600. The first kappa shape index (κ1) is 19.8. The van der Waals surface area contributed by atoms with Crippen LogP contribution in [0, 0.1) is 0 Å². The second kappa shape index (κ2) is 8.90. The number of carbonyl (C=O) groups excluding carboxylic acids is 1. The quantitative estimate of drug-likeness (QED) is 0.616. The second-order valence-corrected chi connectivity index (χ2v) is 7.87. The molecule has 4 rings (SSSR count). The Morgan fingerprint density at radius 2 is 1.83 bits per heavy atom. The third-order valence-corrected chi connectivity index (χ3v) is 5.64. The lowest BCUT2D eigenvalue weighted by molar-refractivity contribution is -1.02. The fourth-order valence-electron chi connectivity index (χ4n) is 3.85. The van der Waals surface area contributed by atoms with Gasteiger partial charge in [-0.25, -0.2) is 0 Å². The Kier molecular flexibility index (Phi) is 6.08. The topological polar surface area (TPSA) is 65.7 Å². The monoisotopic (exact) mass is 419 g/mol. The summed E-state index contributed by atoms with van der Waals surface area (Å²) in [6.07, 6.45) is 0. The van der Waals surface area contributed by atoms with Crippen LogP contribution in [-0.4, -0.2) is 52.5 Å². The van der Waals surface area contributed by atoms with Gasteiger partial charge < -0.3 is 29.3 Å². The van der Waals surface area contributed by atoms with Crippen LogP contribution in [0.4, 0.5) is 5.69 Å². The fourth-order valence-corrected chi connectivity index (χ4v) is 4.02. The molecule has 2 aliphatic heterocycles. The highest BCUT2D eigenvalue weighted by Crippen LogP contribution is 2.32. The average Bonchev–Trinajstić information content (AvgIpc) is 3.17. The molecule has 0 atom stereocenters. The molecule has 2 aliphatic rings. The smallest absolute Gasteiger partial charge is 0.279 e. The van der Waals surface area contributed by atoms with Gasteiger partial charge in [0.05, 0.1) is 12.8 Å². The minimum Gasteiger partial charge on any atom is -0.495 e. The van der Waals surface area contributed by atoms with Gasteiger partial charge >= 0.3 is 0 Å². The van der Waals surface area contributed by atoms with E-state index < -0.39 is 0 Å². The Bertz CT molecular complexity index is 884. The number of hydrogen-bond acceptors (Lipinski definition) is 4. The van der Waals surface area contributed by atoms with Crippen molar-refractivity contribution in [3.05, 3.63) is 47.0 Å². The Labute approximate surface area is 175 Å². The van der Waals surface area contributed by atoms with Crippen LogP contribution >= 0.6 is 11.6 Å². The average molecular weight is 420 g/mol. The van der Waals surface area contributed by atoms with E-state index in [1.54, 1.807) is 25.3 Å². The van der Waals surface area contributed by atoms with E-state index in [1.807, 2.05) is 6.07 Å². The molecule has 7 nitrogen and oxygen atoms in total. The molecular formula is C21H26ClN3O4+2. The fraction of sp³-hybridized carbons (Fsp3) is 0.381. The van der Waals surface area contributed by atoms with Gasteiger partial charge in [0.1, 0.15) is 38.5 Å². The van der Waals surface area contributed by atoms with Gasteiger partial charge in [-0.15, -0.1) is 0 Å². The van der Waals surface area contributed by atoms with Crippen LogP contribution in [0.3, 0.4) is 0 Å². The maximum absolute atomic E-state index is 12.5. The molecule has 154 valence electrons. The van der Waals surface area contributed by atoms with Gasteiger partial charge in [0, 0.05) is 10.6 Å². The van der Waals surface area contributed by atoms with E-state index in [1.165, 1.54) is 15.4 Å².